The van der Waals surface area contributed by atoms with E-state index in [0.717, 1.165) is 18.4 Å². The SMILES string of the molecule is COc1ccccc1[C@@H]1CN(C(=O)c2ccc(F)cc2)C[C@H]1C(=O)NC1CC1. The van der Waals surface area contributed by atoms with Crippen LogP contribution in [0.2, 0.25) is 0 Å². The predicted molar refractivity (Wildman–Crippen MR) is 103 cm³/mol. The zero-order chi connectivity index (χ0) is 19.7. The molecule has 1 aliphatic heterocycles. The Kier molecular flexibility index (Phi) is 5.03. The normalized spacial score (nSPS) is 21.4. The molecule has 1 N–H and O–H groups in total. The van der Waals surface area contributed by atoms with E-state index in [-0.39, 0.29) is 35.5 Å². The van der Waals surface area contributed by atoms with Gasteiger partial charge in [-0.15, -0.1) is 0 Å². The summed E-state index contributed by atoms with van der Waals surface area (Å²) in [4.78, 5) is 27.5. The van der Waals surface area contributed by atoms with E-state index in [4.69, 9.17) is 4.74 Å². The molecule has 146 valence electrons. The minimum Gasteiger partial charge on any atom is -0.496 e. The highest BCUT2D eigenvalue weighted by molar-refractivity contribution is 5.95. The number of carbonyl (C=O) groups excluding carboxylic acids is 2. The van der Waals surface area contributed by atoms with Crippen molar-refractivity contribution in [3.63, 3.8) is 0 Å². The third-order valence-corrected chi connectivity index (χ3v) is 5.50. The van der Waals surface area contributed by atoms with Crippen LogP contribution < -0.4 is 10.1 Å². The first-order valence-corrected chi connectivity index (χ1v) is 9.55. The number of rotatable bonds is 5. The molecular formula is C22H23FN2O3. The van der Waals surface area contributed by atoms with Gasteiger partial charge in [-0.3, -0.25) is 9.59 Å². The van der Waals surface area contributed by atoms with Gasteiger partial charge in [-0.05, 0) is 48.7 Å². The molecule has 4 rings (SSSR count). The van der Waals surface area contributed by atoms with Crippen LogP contribution in [-0.2, 0) is 4.79 Å². The number of hydrogen-bond donors (Lipinski definition) is 1. The third kappa shape index (κ3) is 3.72. The molecule has 1 heterocycles. The summed E-state index contributed by atoms with van der Waals surface area (Å²) in [5, 5.41) is 3.07. The number of hydrogen-bond acceptors (Lipinski definition) is 3. The number of ether oxygens (including phenoxy) is 1. The van der Waals surface area contributed by atoms with Crippen LogP contribution in [0.4, 0.5) is 4.39 Å². The summed E-state index contributed by atoms with van der Waals surface area (Å²) in [6, 6.07) is 13.4. The second-order valence-electron chi connectivity index (χ2n) is 7.45. The molecule has 1 aliphatic carbocycles. The first-order chi connectivity index (χ1) is 13.6. The Labute approximate surface area is 163 Å². The van der Waals surface area contributed by atoms with E-state index >= 15 is 0 Å². The predicted octanol–water partition coefficient (Wildman–Crippen LogP) is 2.97. The van der Waals surface area contributed by atoms with Gasteiger partial charge < -0.3 is 15.0 Å². The molecule has 0 unspecified atom stereocenters. The second kappa shape index (κ2) is 7.62. The highest BCUT2D eigenvalue weighted by Gasteiger charge is 2.42. The molecule has 1 saturated carbocycles. The lowest BCUT2D eigenvalue weighted by atomic mass is 9.87. The fraction of sp³-hybridized carbons (Fsp3) is 0.364. The highest BCUT2D eigenvalue weighted by atomic mass is 19.1. The largest absolute Gasteiger partial charge is 0.496 e. The van der Waals surface area contributed by atoms with Crippen LogP contribution in [0.1, 0.15) is 34.7 Å². The standard InChI is InChI=1S/C22H23FN2O3/c1-28-20-5-3-2-4-17(20)18-12-25(13-19(18)21(26)24-16-10-11-16)22(27)14-6-8-15(23)9-7-14/h2-9,16,18-19H,10-13H2,1H3,(H,24,26)/t18-,19+/m0/s1. The van der Waals surface area contributed by atoms with E-state index in [9.17, 15) is 14.0 Å². The van der Waals surface area contributed by atoms with E-state index in [0.29, 0.717) is 24.4 Å². The number of methoxy groups -OCH3 is 1. The Bertz CT molecular complexity index is 880. The Balaban J connectivity index is 1.61. The van der Waals surface area contributed by atoms with Crippen LogP contribution in [-0.4, -0.2) is 43.0 Å². The number of carbonyl (C=O) groups is 2. The van der Waals surface area contributed by atoms with Crippen LogP contribution >= 0.6 is 0 Å². The Hall–Kier alpha value is -2.89. The molecule has 2 aliphatic rings. The van der Waals surface area contributed by atoms with Crippen LogP contribution in [0.15, 0.2) is 48.5 Å². The van der Waals surface area contributed by atoms with E-state index in [1.807, 2.05) is 24.3 Å². The molecule has 2 fully saturated rings. The zero-order valence-electron chi connectivity index (χ0n) is 15.7. The van der Waals surface area contributed by atoms with Crippen molar-refractivity contribution in [3.05, 3.63) is 65.5 Å². The number of nitrogens with one attached hydrogen (secondary N) is 1. The molecular weight excluding hydrogens is 359 g/mol. The lowest BCUT2D eigenvalue weighted by Crippen LogP contribution is -2.36. The topological polar surface area (TPSA) is 58.6 Å². The quantitative estimate of drug-likeness (QED) is 0.865. The van der Waals surface area contributed by atoms with Crippen LogP contribution in [0.3, 0.4) is 0 Å². The van der Waals surface area contributed by atoms with E-state index < -0.39 is 0 Å². The van der Waals surface area contributed by atoms with Gasteiger partial charge in [0.15, 0.2) is 0 Å². The zero-order valence-corrected chi connectivity index (χ0v) is 15.7. The van der Waals surface area contributed by atoms with Crippen molar-refractivity contribution >= 4 is 11.8 Å². The molecule has 0 bridgehead atoms. The summed E-state index contributed by atoms with van der Waals surface area (Å²) in [5.41, 5.74) is 1.35. The van der Waals surface area contributed by atoms with E-state index in [2.05, 4.69) is 5.32 Å². The van der Waals surface area contributed by atoms with Gasteiger partial charge in [0, 0.05) is 30.6 Å². The Morgan fingerprint density at radius 2 is 1.79 bits per heavy atom. The van der Waals surface area contributed by atoms with Crippen molar-refractivity contribution in [1.29, 1.82) is 0 Å². The van der Waals surface area contributed by atoms with E-state index in [1.54, 1.807) is 12.0 Å². The van der Waals surface area contributed by atoms with Crippen molar-refractivity contribution < 1.29 is 18.7 Å². The summed E-state index contributed by atoms with van der Waals surface area (Å²) >= 11 is 0. The summed E-state index contributed by atoms with van der Waals surface area (Å²) in [5.74, 6) is -0.380. The van der Waals surface area contributed by atoms with Gasteiger partial charge in [-0.25, -0.2) is 4.39 Å². The van der Waals surface area contributed by atoms with E-state index in [1.165, 1.54) is 24.3 Å². The molecule has 0 spiro atoms. The van der Waals surface area contributed by atoms with Crippen molar-refractivity contribution in [1.82, 2.24) is 10.2 Å². The van der Waals surface area contributed by atoms with Gasteiger partial charge in [0.1, 0.15) is 11.6 Å². The molecule has 1 saturated heterocycles. The first-order valence-electron chi connectivity index (χ1n) is 9.55. The number of nitrogens with zero attached hydrogens (tertiary/aromatic N) is 1. The minimum atomic E-state index is -0.383. The Morgan fingerprint density at radius 3 is 2.46 bits per heavy atom. The fourth-order valence-corrected chi connectivity index (χ4v) is 3.83. The fourth-order valence-electron chi connectivity index (χ4n) is 3.83. The molecule has 0 aromatic heterocycles. The lowest BCUT2D eigenvalue weighted by Gasteiger charge is -2.20. The number of likely N-dealkylation sites (tertiary alicyclic amines) is 1. The third-order valence-electron chi connectivity index (χ3n) is 5.50. The first kappa shape index (κ1) is 18.5. The maximum Gasteiger partial charge on any atom is 0.253 e. The molecule has 2 atom stereocenters. The summed E-state index contributed by atoms with van der Waals surface area (Å²) in [6.45, 7) is 0.747. The van der Waals surface area contributed by atoms with Gasteiger partial charge in [-0.2, -0.15) is 0 Å². The smallest absolute Gasteiger partial charge is 0.253 e. The minimum absolute atomic E-state index is 0.0205. The number of benzene rings is 2. The van der Waals surface area contributed by atoms with Crippen molar-refractivity contribution in [2.24, 2.45) is 5.92 Å². The molecule has 28 heavy (non-hydrogen) atoms. The van der Waals surface area contributed by atoms with Crippen LogP contribution in [0.25, 0.3) is 0 Å². The summed E-state index contributed by atoms with van der Waals surface area (Å²) < 4.78 is 18.7. The van der Waals surface area contributed by atoms with Gasteiger partial charge >= 0.3 is 0 Å². The molecule has 2 amide bonds. The van der Waals surface area contributed by atoms with Gasteiger partial charge in [0.05, 0.1) is 13.0 Å². The van der Waals surface area contributed by atoms with Crippen molar-refractivity contribution in [2.75, 3.05) is 20.2 Å². The number of amides is 2. The Morgan fingerprint density at radius 1 is 1.07 bits per heavy atom. The maximum atomic E-state index is 13.2. The van der Waals surface area contributed by atoms with Crippen molar-refractivity contribution in [3.8, 4) is 5.75 Å². The molecule has 5 nitrogen and oxygen atoms in total. The molecule has 2 aromatic rings. The average molecular weight is 382 g/mol. The second-order valence-corrected chi connectivity index (χ2v) is 7.45. The monoisotopic (exact) mass is 382 g/mol. The summed E-state index contributed by atoms with van der Waals surface area (Å²) in [7, 11) is 1.61. The summed E-state index contributed by atoms with van der Waals surface area (Å²) in [6.07, 6.45) is 2.02. The van der Waals surface area contributed by atoms with Gasteiger partial charge in [0.2, 0.25) is 5.91 Å². The van der Waals surface area contributed by atoms with Crippen molar-refractivity contribution in [2.45, 2.75) is 24.8 Å². The number of halogens is 1. The number of para-hydroxylation sites is 1. The molecule has 2 aromatic carbocycles. The van der Waals surface area contributed by atoms with Crippen LogP contribution in [0, 0.1) is 11.7 Å². The van der Waals surface area contributed by atoms with Gasteiger partial charge in [-0.1, -0.05) is 18.2 Å². The molecule has 6 heteroatoms. The lowest BCUT2D eigenvalue weighted by molar-refractivity contribution is -0.125. The van der Waals surface area contributed by atoms with Gasteiger partial charge in [0.25, 0.3) is 5.91 Å². The maximum absolute atomic E-state index is 13.2. The highest BCUT2D eigenvalue weighted by Crippen LogP contribution is 2.38. The molecule has 0 radical (unpaired) electrons. The van der Waals surface area contributed by atoms with Crippen LogP contribution in [0.5, 0.6) is 5.75 Å². The average Bonchev–Trinajstić information content (AvgIpc) is 3.41.